The van der Waals surface area contributed by atoms with Crippen molar-refractivity contribution < 1.29 is 4.79 Å². The molecule has 1 unspecified atom stereocenters. The molecule has 2 aliphatic rings. The van der Waals surface area contributed by atoms with E-state index in [4.69, 9.17) is 0 Å². The lowest BCUT2D eigenvalue weighted by Crippen LogP contribution is -2.57. The Balaban J connectivity index is 1.67. The number of nitrogens with one attached hydrogen (secondary N) is 1. The molecule has 1 aromatic rings. The van der Waals surface area contributed by atoms with Gasteiger partial charge in [-0.05, 0) is 44.4 Å². The molecule has 1 N–H and O–H groups in total. The third kappa shape index (κ3) is 3.02. The Bertz CT molecular complexity index is 530. The first-order valence-corrected chi connectivity index (χ1v) is 8.20. The first-order valence-electron chi connectivity index (χ1n) is 8.20. The molecule has 0 aromatic heterocycles. The molecule has 0 radical (unpaired) electrons. The van der Waals surface area contributed by atoms with E-state index in [1.807, 2.05) is 41.3 Å². The number of nitrogens with zero attached hydrogens (tertiary/aromatic N) is 2. The van der Waals surface area contributed by atoms with Gasteiger partial charge in [-0.1, -0.05) is 24.3 Å². The second-order valence-corrected chi connectivity index (χ2v) is 6.38. The van der Waals surface area contributed by atoms with Gasteiger partial charge in [-0.2, -0.15) is 0 Å². The number of benzene rings is 1. The van der Waals surface area contributed by atoms with E-state index in [1.54, 1.807) is 0 Å². The Hall–Kier alpha value is -1.81. The first kappa shape index (κ1) is 15.1. The fourth-order valence-corrected chi connectivity index (χ4v) is 3.91. The van der Waals surface area contributed by atoms with Crippen LogP contribution in [0.2, 0.25) is 0 Å². The second kappa shape index (κ2) is 6.53. The third-order valence-electron chi connectivity index (χ3n) is 4.96. The third-order valence-corrected chi connectivity index (χ3v) is 4.96. The van der Waals surface area contributed by atoms with E-state index >= 15 is 0 Å². The zero-order chi connectivity index (χ0) is 15.4. The van der Waals surface area contributed by atoms with Crippen molar-refractivity contribution in [3.8, 4) is 0 Å². The number of rotatable bonds is 3. The topological polar surface area (TPSA) is 35.6 Å². The van der Waals surface area contributed by atoms with E-state index < -0.39 is 0 Å². The Kier molecular flexibility index (Phi) is 4.48. The van der Waals surface area contributed by atoms with E-state index in [0.717, 1.165) is 38.3 Å². The van der Waals surface area contributed by atoms with Gasteiger partial charge in [0, 0.05) is 30.9 Å². The van der Waals surface area contributed by atoms with E-state index in [9.17, 15) is 4.79 Å². The number of urea groups is 1. The van der Waals surface area contributed by atoms with Crippen LogP contribution in [0.15, 0.2) is 43.0 Å². The van der Waals surface area contributed by atoms with Crippen LogP contribution >= 0.6 is 0 Å². The minimum Gasteiger partial charge on any atom is -0.323 e. The Labute approximate surface area is 132 Å². The number of carbonyl (C=O) groups excluding carboxylic acids is 1. The van der Waals surface area contributed by atoms with Crippen molar-refractivity contribution in [3.05, 3.63) is 43.0 Å². The van der Waals surface area contributed by atoms with Gasteiger partial charge in [0.2, 0.25) is 0 Å². The summed E-state index contributed by atoms with van der Waals surface area (Å²) < 4.78 is 0. The van der Waals surface area contributed by atoms with Crippen LogP contribution in [-0.4, -0.2) is 47.5 Å². The molecule has 1 atom stereocenters. The quantitative estimate of drug-likeness (QED) is 0.869. The number of anilines is 1. The summed E-state index contributed by atoms with van der Waals surface area (Å²) in [4.78, 5) is 17.0. The van der Waals surface area contributed by atoms with Gasteiger partial charge in [0.1, 0.15) is 0 Å². The number of piperidine rings is 1. The summed E-state index contributed by atoms with van der Waals surface area (Å²) in [6.07, 6.45) is 6.67. The van der Waals surface area contributed by atoms with Gasteiger partial charge in [0.25, 0.3) is 0 Å². The van der Waals surface area contributed by atoms with Crippen LogP contribution in [0, 0.1) is 0 Å². The number of likely N-dealkylation sites (tertiary alicyclic amines) is 2. The molecule has 4 heteroatoms. The highest BCUT2D eigenvalue weighted by atomic mass is 16.2. The summed E-state index contributed by atoms with van der Waals surface area (Å²) in [7, 11) is 0. The normalized spacial score (nSPS) is 25.4. The zero-order valence-electron chi connectivity index (χ0n) is 13.1. The van der Waals surface area contributed by atoms with Crippen molar-refractivity contribution in [1.82, 2.24) is 9.80 Å². The number of amides is 2. The summed E-state index contributed by atoms with van der Waals surface area (Å²) in [6.45, 7) is 7.61. The van der Waals surface area contributed by atoms with Crippen LogP contribution in [0.25, 0.3) is 0 Å². The van der Waals surface area contributed by atoms with E-state index in [1.165, 1.54) is 19.3 Å². The molecule has 2 heterocycles. The van der Waals surface area contributed by atoms with Crippen molar-refractivity contribution >= 4 is 11.7 Å². The van der Waals surface area contributed by atoms with Gasteiger partial charge in [-0.15, -0.1) is 6.58 Å². The second-order valence-electron chi connectivity index (χ2n) is 6.38. The molecule has 2 aliphatic heterocycles. The Morgan fingerprint density at radius 1 is 1.23 bits per heavy atom. The van der Waals surface area contributed by atoms with Crippen LogP contribution in [0.4, 0.5) is 10.5 Å². The van der Waals surface area contributed by atoms with E-state index in [2.05, 4.69) is 16.8 Å². The summed E-state index contributed by atoms with van der Waals surface area (Å²) in [5, 5.41) is 3.01. The number of hydrogen-bond acceptors (Lipinski definition) is 2. The lowest BCUT2D eigenvalue weighted by molar-refractivity contribution is 0.0670. The molecular formula is C18H25N3O. The van der Waals surface area contributed by atoms with E-state index in [-0.39, 0.29) is 11.6 Å². The standard InChI is InChI=1S/C18H25N3O/c1-2-12-21-14-7-11-18(21)10-6-13-20(15-18)17(22)19-16-8-4-3-5-9-16/h2-5,8-9H,1,6-7,10-15H2,(H,19,22). The maximum atomic E-state index is 12.5. The highest BCUT2D eigenvalue weighted by molar-refractivity contribution is 5.89. The average molecular weight is 299 g/mol. The van der Waals surface area contributed by atoms with Crippen molar-refractivity contribution in [1.29, 1.82) is 0 Å². The van der Waals surface area contributed by atoms with Crippen LogP contribution < -0.4 is 5.32 Å². The summed E-state index contributed by atoms with van der Waals surface area (Å²) in [5.74, 6) is 0. The lowest BCUT2D eigenvalue weighted by atomic mass is 9.86. The van der Waals surface area contributed by atoms with Crippen molar-refractivity contribution in [3.63, 3.8) is 0 Å². The first-order chi connectivity index (χ1) is 10.7. The van der Waals surface area contributed by atoms with Crippen molar-refractivity contribution in [2.75, 3.05) is 31.5 Å². The van der Waals surface area contributed by atoms with Crippen molar-refractivity contribution in [2.24, 2.45) is 0 Å². The average Bonchev–Trinajstić information content (AvgIpc) is 2.91. The van der Waals surface area contributed by atoms with Gasteiger partial charge < -0.3 is 10.2 Å². The molecule has 2 fully saturated rings. The van der Waals surface area contributed by atoms with Crippen LogP contribution in [0.5, 0.6) is 0 Å². The minimum atomic E-state index is 0.0238. The molecule has 22 heavy (non-hydrogen) atoms. The largest absolute Gasteiger partial charge is 0.323 e. The maximum Gasteiger partial charge on any atom is 0.321 e. The van der Waals surface area contributed by atoms with Crippen LogP contribution in [0.3, 0.4) is 0 Å². The predicted octanol–water partition coefficient (Wildman–Crippen LogP) is 3.33. The maximum absolute atomic E-state index is 12.5. The summed E-state index contributed by atoms with van der Waals surface area (Å²) in [6, 6.07) is 9.72. The molecule has 4 nitrogen and oxygen atoms in total. The molecule has 1 spiro atoms. The zero-order valence-corrected chi connectivity index (χ0v) is 13.1. The fraction of sp³-hybridized carbons (Fsp3) is 0.500. The number of para-hydroxylation sites is 1. The highest BCUT2D eigenvalue weighted by Gasteiger charge is 2.44. The molecule has 118 valence electrons. The smallest absolute Gasteiger partial charge is 0.321 e. The van der Waals surface area contributed by atoms with Crippen LogP contribution in [-0.2, 0) is 0 Å². The molecule has 0 saturated carbocycles. The van der Waals surface area contributed by atoms with Gasteiger partial charge in [-0.25, -0.2) is 4.79 Å². The van der Waals surface area contributed by atoms with E-state index in [0.29, 0.717) is 0 Å². The summed E-state index contributed by atoms with van der Waals surface area (Å²) in [5.41, 5.74) is 1.03. The number of hydrogen-bond donors (Lipinski definition) is 1. The summed E-state index contributed by atoms with van der Waals surface area (Å²) >= 11 is 0. The Morgan fingerprint density at radius 2 is 1.95 bits per heavy atom. The minimum absolute atomic E-state index is 0.0238. The molecule has 3 rings (SSSR count). The number of carbonyl (C=O) groups is 1. The monoisotopic (exact) mass is 299 g/mol. The molecule has 2 saturated heterocycles. The van der Waals surface area contributed by atoms with Crippen molar-refractivity contribution in [2.45, 2.75) is 31.2 Å². The van der Waals surface area contributed by atoms with Gasteiger partial charge >= 0.3 is 6.03 Å². The Morgan fingerprint density at radius 3 is 2.68 bits per heavy atom. The fourth-order valence-electron chi connectivity index (χ4n) is 3.91. The van der Waals surface area contributed by atoms with Gasteiger partial charge in [0.05, 0.1) is 0 Å². The molecular weight excluding hydrogens is 274 g/mol. The predicted molar refractivity (Wildman–Crippen MR) is 90.0 cm³/mol. The lowest BCUT2D eigenvalue weighted by Gasteiger charge is -2.45. The van der Waals surface area contributed by atoms with Gasteiger partial charge in [-0.3, -0.25) is 4.90 Å². The van der Waals surface area contributed by atoms with Crippen LogP contribution in [0.1, 0.15) is 25.7 Å². The highest BCUT2D eigenvalue weighted by Crippen LogP contribution is 2.37. The SMILES string of the molecule is C=CCN1CCCC12CCCN(C(=O)Nc1ccccc1)C2. The molecule has 0 aliphatic carbocycles. The molecule has 1 aromatic carbocycles. The van der Waals surface area contributed by atoms with Gasteiger partial charge in [0.15, 0.2) is 0 Å². The molecule has 2 amide bonds. The molecule has 0 bridgehead atoms.